The zero-order chi connectivity index (χ0) is 40.6. The molecule has 286 valence electrons. The number of nitrogens with zero attached hydrogens (tertiary/aromatic N) is 3. The Morgan fingerprint density at radius 2 is 0.623 bits per heavy atom. The van der Waals surface area contributed by atoms with Crippen molar-refractivity contribution in [1.29, 1.82) is 0 Å². The van der Waals surface area contributed by atoms with E-state index in [-0.39, 0.29) is 0 Å². The van der Waals surface area contributed by atoms with Crippen LogP contribution >= 0.6 is 0 Å². The first-order valence-electron chi connectivity index (χ1n) is 20.8. The summed E-state index contributed by atoms with van der Waals surface area (Å²) < 4.78 is 0. The maximum absolute atomic E-state index is 5.22. The van der Waals surface area contributed by atoms with E-state index in [1.807, 2.05) is 36.4 Å². The van der Waals surface area contributed by atoms with Crippen LogP contribution in [0.15, 0.2) is 237 Å². The summed E-state index contributed by atoms with van der Waals surface area (Å²) in [7, 11) is 0. The van der Waals surface area contributed by atoms with Gasteiger partial charge in [0.15, 0.2) is 17.5 Å². The Bertz CT molecular complexity index is 3070. The van der Waals surface area contributed by atoms with Gasteiger partial charge in [-0.25, -0.2) is 15.0 Å². The molecule has 0 saturated heterocycles. The van der Waals surface area contributed by atoms with Crippen molar-refractivity contribution in [2.45, 2.75) is 5.41 Å². The minimum Gasteiger partial charge on any atom is -0.208 e. The third kappa shape index (κ3) is 6.35. The molecule has 61 heavy (non-hydrogen) atoms. The summed E-state index contributed by atoms with van der Waals surface area (Å²) in [6.45, 7) is 0. The lowest BCUT2D eigenvalue weighted by molar-refractivity contribution is 0.768. The highest BCUT2D eigenvalue weighted by Gasteiger charge is 2.46. The van der Waals surface area contributed by atoms with Crippen molar-refractivity contribution in [1.82, 2.24) is 15.0 Å². The van der Waals surface area contributed by atoms with Gasteiger partial charge < -0.3 is 0 Å². The van der Waals surface area contributed by atoms with Gasteiger partial charge in [0.2, 0.25) is 0 Å². The molecule has 1 heterocycles. The molecule has 1 aromatic heterocycles. The normalized spacial score (nSPS) is 12.4. The predicted molar refractivity (Wildman–Crippen MR) is 250 cm³/mol. The van der Waals surface area contributed by atoms with Crippen LogP contribution in [-0.4, -0.2) is 15.0 Å². The van der Waals surface area contributed by atoms with Gasteiger partial charge in [-0.1, -0.05) is 212 Å². The van der Waals surface area contributed by atoms with E-state index >= 15 is 0 Å². The van der Waals surface area contributed by atoms with Crippen LogP contribution in [0.1, 0.15) is 22.3 Å². The second-order valence-corrected chi connectivity index (χ2v) is 15.5. The molecule has 0 amide bonds. The van der Waals surface area contributed by atoms with Gasteiger partial charge in [-0.2, -0.15) is 0 Å². The minimum absolute atomic E-state index is 0.516. The number of aromatic nitrogens is 3. The highest BCUT2D eigenvalue weighted by molar-refractivity contribution is 5.97. The molecule has 3 heteroatoms. The molecule has 0 saturated carbocycles. The summed E-state index contributed by atoms with van der Waals surface area (Å²) in [5.74, 6) is 1.88. The molecule has 0 atom stereocenters. The molecule has 0 N–H and O–H groups in total. The average Bonchev–Trinajstić information content (AvgIpc) is 3.66. The molecule has 0 aliphatic heterocycles. The molecule has 10 aromatic rings. The van der Waals surface area contributed by atoms with Crippen LogP contribution in [-0.2, 0) is 5.41 Å². The smallest absolute Gasteiger partial charge is 0.164 e. The van der Waals surface area contributed by atoms with Crippen LogP contribution in [0.5, 0.6) is 0 Å². The van der Waals surface area contributed by atoms with E-state index in [9.17, 15) is 0 Å². The summed E-state index contributed by atoms with van der Waals surface area (Å²) in [5, 5.41) is 0. The minimum atomic E-state index is -0.516. The lowest BCUT2D eigenvalue weighted by Crippen LogP contribution is -2.28. The van der Waals surface area contributed by atoms with Crippen LogP contribution in [0, 0.1) is 0 Å². The van der Waals surface area contributed by atoms with Crippen molar-refractivity contribution >= 4 is 0 Å². The van der Waals surface area contributed by atoms with E-state index in [4.69, 9.17) is 15.0 Å². The van der Waals surface area contributed by atoms with Gasteiger partial charge in [-0.3, -0.25) is 0 Å². The molecule has 0 radical (unpaired) electrons. The molecular weight excluding hydrogens is 739 g/mol. The molecule has 1 aliphatic rings. The van der Waals surface area contributed by atoms with E-state index in [0.717, 1.165) is 44.5 Å². The predicted octanol–water partition coefficient (Wildman–Crippen LogP) is 14.2. The highest BCUT2D eigenvalue weighted by atomic mass is 15.0. The van der Waals surface area contributed by atoms with Gasteiger partial charge in [0.05, 0.1) is 5.41 Å². The summed E-state index contributed by atoms with van der Waals surface area (Å²) in [5.41, 5.74) is 16.5. The molecule has 11 rings (SSSR count). The highest BCUT2D eigenvalue weighted by Crippen LogP contribution is 2.58. The molecule has 0 spiro atoms. The fourth-order valence-electron chi connectivity index (χ4n) is 9.26. The van der Waals surface area contributed by atoms with E-state index in [1.54, 1.807) is 0 Å². The lowest BCUT2D eigenvalue weighted by Gasteiger charge is -2.34. The summed E-state index contributed by atoms with van der Waals surface area (Å²) in [6.07, 6.45) is 0. The summed E-state index contributed by atoms with van der Waals surface area (Å²) in [4.78, 5) is 15.5. The average molecular weight is 778 g/mol. The monoisotopic (exact) mass is 777 g/mol. The van der Waals surface area contributed by atoms with Gasteiger partial charge in [0.25, 0.3) is 0 Å². The van der Waals surface area contributed by atoms with E-state index in [0.29, 0.717) is 17.5 Å². The van der Waals surface area contributed by atoms with Gasteiger partial charge in [-0.15, -0.1) is 0 Å². The second kappa shape index (κ2) is 15.3. The molecule has 1 aliphatic carbocycles. The fourth-order valence-corrected chi connectivity index (χ4v) is 9.26. The third-order valence-corrected chi connectivity index (χ3v) is 12.0. The largest absolute Gasteiger partial charge is 0.208 e. The Hall–Kier alpha value is -8.01. The number of hydrogen-bond donors (Lipinski definition) is 0. The van der Waals surface area contributed by atoms with Crippen molar-refractivity contribution in [3.05, 3.63) is 259 Å². The first-order valence-corrected chi connectivity index (χ1v) is 20.8. The molecule has 0 bridgehead atoms. The topological polar surface area (TPSA) is 38.7 Å². The van der Waals surface area contributed by atoms with Crippen LogP contribution in [0.4, 0.5) is 0 Å². The van der Waals surface area contributed by atoms with Crippen molar-refractivity contribution < 1.29 is 0 Å². The molecule has 0 fully saturated rings. The number of fused-ring (bicyclic) bond motifs is 3. The summed E-state index contributed by atoms with van der Waals surface area (Å²) >= 11 is 0. The number of rotatable bonds is 8. The fraction of sp³-hybridized carbons (Fsp3) is 0.0172. The van der Waals surface area contributed by atoms with Crippen molar-refractivity contribution in [2.75, 3.05) is 0 Å². The zero-order valence-electron chi connectivity index (χ0n) is 33.4. The first kappa shape index (κ1) is 36.1. The van der Waals surface area contributed by atoms with Crippen molar-refractivity contribution in [3.63, 3.8) is 0 Å². The molecular formula is C58H39N3. The lowest BCUT2D eigenvalue weighted by atomic mass is 9.67. The standard InChI is InChI=1S/C58H39N3/c1-6-20-40(21-7-1)43-26-18-27-44(36-43)45-37-46(39-47(38-45)57-60-55(41-22-8-2-9-23-41)59-56(61-57)42-24-10-3-11-25-42)50-33-19-35-53-54(50)51-32-16-17-34-52(51)58(53,48-28-12-4-13-29-48)49-30-14-5-15-31-49/h1-39H. The Labute approximate surface area is 356 Å². The Morgan fingerprint density at radius 1 is 0.246 bits per heavy atom. The van der Waals surface area contributed by atoms with E-state index < -0.39 is 5.41 Å². The second-order valence-electron chi connectivity index (χ2n) is 15.5. The first-order chi connectivity index (χ1) is 30.2. The van der Waals surface area contributed by atoms with E-state index in [1.165, 1.54) is 38.9 Å². The van der Waals surface area contributed by atoms with Crippen LogP contribution in [0.25, 0.3) is 78.7 Å². The SMILES string of the molecule is c1ccc(-c2cccc(-c3cc(-c4nc(-c5ccccc5)nc(-c5ccccc5)n4)cc(-c4cccc5c4-c4ccccc4C5(c4ccccc4)c4ccccc4)c3)c2)cc1. The van der Waals surface area contributed by atoms with Crippen LogP contribution in [0.2, 0.25) is 0 Å². The van der Waals surface area contributed by atoms with E-state index in [2.05, 4.69) is 200 Å². The van der Waals surface area contributed by atoms with Crippen molar-refractivity contribution in [3.8, 4) is 78.7 Å². The maximum Gasteiger partial charge on any atom is 0.164 e. The van der Waals surface area contributed by atoms with Crippen molar-refractivity contribution in [2.24, 2.45) is 0 Å². The quantitative estimate of drug-likeness (QED) is 0.154. The number of benzene rings is 9. The molecule has 9 aromatic carbocycles. The molecule has 3 nitrogen and oxygen atoms in total. The van der Waals surface area contributed by atoms with Gasteiger partial charge in [0, 0.05) is 16.7 Å². The zero-order valence-corrected chi connectivity index (χ0v) is 33.4. The Kier molecular flexibility index (Phi) is 9.05. The Balaban J connectivity index is 1.19. The molecule has 0 unspecified atom stereocenters. The van der Waals surface area contributed by atoms with Gasteiger partial charge >= 0.3 is 0 Å². The summed E-state index contributed by atoms with van der Waals surface area (Å²) in [6, 6.07) is 84.4. The maximum atomic E-state index is 5.22. The van der Waals surface area contributed by atoms with Gasteiger partial charge in [-0.05, 0) is 91.0 Å². The third-order valence-electron chi connectivity index (χ3n) is 12.0. The number of hydrogen-bond acceptors (Lipinski definition) is 3. The Morgan fingerprint density at radius 3 is 1.21 bits per heavy atom. The van der Waals surface area contributed by atoms with Gasteiger partial charge in [0.1, 0.15) is 0 Å². The van der Waals surface area contributed by atoms with Crippen LogP contribution < -0.4 is 0 Å². The van der Waals surface area contributed by atoms with Crippen LogP contribution in [0.3, 0.4) is 0 Å².